The number of ether oxygens (including phenoxy) is 2. The Bertz CT molecular complexity index is 523. The molecule has 1 aliphatic carbocycles. The standard InChI is InChI=1S/C17H23NO4/c1-12(22-16(19)10-13-6-3-4-7-13)17(20)18-14-8-5-9-15(11-14)21-2/h5,8-9,11-13H,3-4,6-7,10H2,1-2H3,(H,18,20)/t12-/m1/s1. The van der Waals surface area contributed by atoms with Crippen molar-refractivity contribution >= 4 is 17.6 Å². The lowest BCUT2D eigenvalue weighted by atomic mass is 10.0. The van der Waals surface area contributed by atoms with Gasteiger partial charge in [-0.05, 0) is 37.8 Å². The lowest BCUT2D eigenvalue weighted by Crippen LogP contribution is -2.30. The Labute approximate surface area is 131 Å². The van der Waals surface area contributed by atoms with Crippen molar-refractivity contribution < 1.29 is 19.1 Å². The van der Waals surface area contributed by atoms with Crippen molar-refractivity contribution in [3.63, 3.8) is 0 Å². The summed E-state index contributed by atoms with van der Waals surface area (Å²) in [6, 6.07) is 7.05. The zero-order valence-corrected chi connectivity index (χ0v) is 13.1. The Hall–Kier alpha value is -2.04. The van der Waals surface area contributed by atoms with Crippen LogP contribution >= 0.6 is 0 Å². The fourth-order valence-corrected chi connectivity index (χ4v) is 2.69. The molecule has 0 saturated heterocycles. The van der Waals surface area contributed by atoms with Crippen molar-refractivity contribution in [3.8, 4) is 5.75 Å². The largest absolute Gasteiger partial charge is 0.497 e. The first-order valence-electron chi connectivity index (χ1n) is 7.73. The van der Waals surface area contributed by atoms with E-state index in [1.165, 1.54) is 12.8 Å². The van der Waals surface area contributed by atoms with Gasteiger partial charge in [-0.3, -0.25) is 9.59 Å². The molecule has 1 aromatic carbocycles. The third-order valence-electron chi connectivity index (χ3n) is 3.94. The Morgan fingerprint density at radius 2 is 2.05 bits per heavy atom. The first kappa shape index (κ1) is 16.3. The number of benzene rings is 1. The minimum atomic E-state index is -0.805. The Balaban J connectivity index is 1.81. The van der Waals surface area contributed by atoms with Crippen LogP contribution < -0.4 is 10.1 Å². The highest BCUT2D eigenvalue weighted by Crippen LogP contribution is 2.27. The number of hydrogen-bond donors (Lipinski definition) is 1. The average molecular weight is 305 g/mol. The van der Waals surface area contributed by atoms with Gasteiger partial charge in [-0.2, -0.15) is 0 Å². The summed E-state index contributed by atoms with van der Waals surface area (Å²) in [5, 5.41) is 2.72. The van der Waals surface area contributed by atoms with Crippen molar-refractivity contribution in [1.29, 1.82) is 0 Å². The molecule has 0 radical (unpaired) electrons. The second-order valence-corrected chi connectivity index (χ2v) is 5.71. The molecular weight excluding hydrogens is 282 g/mol. The van der Waals surface area contributed by atoms with Crippen molar-refractivity contribution in [2.45, 2.75) is 45.1 Å². The van der Waals surface area contributed by atoms with Crippen LogP contribution in [0.5, 0.6) is 5.75 Å². The molecule has 1 aromatic rings. The number of carbonyl (C=O) groups is 2. The molecule has 0 unspecified atom stereocenters. The van der Waals surface area contributed by atoms with Gasteiger partial charge in [-0.25, -0.2) is 0 Å². The number of carbonyl (C=O) groups excluding carboxylic acids is 2. The minimum Gasteiger partial charge on any atom is -0.497 e. The van der Waals surface area contributed by atoms with Gasteiger partial charge in [0.2, 0.25) is 0 Å². The van der Waals surface area contributed by atoms with E-state index in [0.29, 0.717) is 23.8 Å². The maximum absolute atomic E-state index is 12.1. The van der Waals surface area contributed by atoms with Crippen molar-refractivity contribution in [2.24, 2.45) is 5.92 Å². The number of rotatable bonds is 6. The molecule has 1 fully saturated rings. The summed E-state index contributed by atoms with van der Waals surface area (Å²) in [5.74, 6) is 0.443. The number of nitrogens with one attached hydrogen (secondary N) is 1. The Morgan fingerprint density at radius 1 is 1.32 bits per heavy atom. The second-order valence-electron chi connectivity index (χ2n) is 5.71. The number of anilines is 1. The molecule has 1 saturated carbocycles. The van der Waals surface area contributed by atoms with Gasteiger partial charge < -0.3 is 14.8 Å². The van der Waals surface area contributed by atoms with E-state index in [0.717, 1.165) is 12.8 Å². The van der Waals surface area contributed by atoms with Crippen LogP contribution in [0.3, 0.4) is 0 Å². The van der Waals surface area contributed by atoms with E-state index in [1.54, 1.807) is 38.3 Å². The maximum Gasteiger partial charge on any atom is 0.306 e. The zero-order valence-electron chi connectivity index (χ0n) is 13.1. The molecule has 2 rings (SSSR count). The molecule has 1 aliphatic rings. The third-order valence-corrected chi connectivity index (χ3v) is 3.94. The van der Waals surface area contributed by atoms with E-state index < -0.39 is 6.10 Å². The highest BCUT2D eigenvalue weighted by Gasteiger charge is 2.23. The van der Waals surface area contributed by atoms with E-state index in [1.807, 2.05) is 0 Å². The molecule has 0 aliphatic heterocycles. The van der Waals surface area contributed by atoms with Crippen LogP contribution in [0.4, 0.5) is 5.69 Å². The van der Waals surface area contributed by atoms with Crippen LogP contribution in [-0.4, -0.2) is 25.1 Å². The van der Waals surface area contributed by atoms with E-state index >= 15 is 0 Å². The molecule has 22 heavy (non-hydrogen) atoms. The van der Waals surface area contributed by atoms with Gasteiger partial charge in [0.1, 0.15) is 5.75 Å². The summed E-state index contributed by atoms with van der Waals surface area (Å²) in [6.07, 6.45) is 4.14. The van der Waals surface area contributed by atoms with E-state index in [4.69, 9.17) is 9.47 Å². The molecule has 0 aromatic heterocycles. The van der Waals surface area contributed by atoms with E-state index in [2.05, 4.69) is 5.32 Å². The maximum atomic E-state index is 12.1. The molecule has 0 spiro atoms. The molecule has 1 atom stereocenters. The summed E-state index contributed by atoms with van der Waals surface area (Å²) in [5.41, 5.74) is 0.614. The molecule has 1 amide bonds. The van der Waals surface area contributed by atoms with E-state index in [9.17, 15) is 9.59 Å². The first-order valence-corrected chi connectivity index (χ1v) is 7.73. The first-order chi connectivity index (χ1) is 10.6. The predicted molar refractivity (Wildman–Crippen MR) is 83.8 cm³/mol. The quantitative estimate of drug-likeness (QED) is 0.820. The van der Waals surface area contributed by atoms with Crippen LogP contribution in [0.1, 0.15) is 39.0 Å². The smallest absolute Gasteiger partial charge is 0.306 e. The van der Waals surface area contributed by atoms with Gasteiger partial charge in [-0.1, -0.05) is 18.9 Å². The summed E-state index contributed by atoms with van der Waals surface area (Å²) >= 11 is 0. The SMILES string of the molecule is COc1cccc(NC(=O)[C@@H](C)OC(=O)CC2CCCC2)c1. The van der Waals surface area contributed by atoms with Crippen LogP contribution in [0.25, 0.3) is 0 Å². The third kappa shape index (κ3) is 4.76. The number of methoxy groups -OCH3 is 1. The Kier molecular flexibility index (Phi) is 5.81. The van der Waals surface area contributed by atoms with Crippen LogP contribution in [-0.2, 0) is 14.3 Å². The molecule has 0 heterocycles. The normalized spacial score (nSPS) is 16.1. The second kappa shape index (κ2) is 7.82. The zero-order chi connectivity index (χ0) is 15.9. The van der Waals surface area contributed by atoms with Gasteiger partial charge in [0, 0.05) is 18.2 Å². The molecule has 5 heteroatoms. The van der Waals surface area contributed by atoms with Gasteiger partial charge in [0.25, 0.3) is 5.91 Å². The van der Waals surface area contributed by atoms with Crippen LogP contribution in [0.2, 0.25) is 0 Å². The number of amides is 1. The predicted octanol–water partition coefficient (Wildman–Crippen LogP) is 3.15. The molecular formula is C17H23NO4. The summed E-state index contributed by atoms with van der Waals surface area (Å²) < 4.78 is 10.3. The van der Waals surface area contributed by atoms with Gasteiger partial charge in [0.15, 0.2) is 6.10 Å². The highest BCUT2D eigenvalue weighted by molar-refractivity contribution is 5.95. The highest BCUT2D eigenvalue weighted by atomic mass is 16.5. The van der Waals surface area contributed by atoms with Crippen LogP contribution in [0.15, 0.2) is 24.3 Å². The van der Waals surface area contributed by atoms with Crippen molar-refractivity contribution in [3.05, 3.63) is 24.3 Å². The molecule has 5 nitrogen and oxygen atoms in total. The van der Waals surface area contributed by atoms with Crippen LogP contribution in [0, 0.1) is 5.92 Å². The number of esters is 1. The monoisotopic (exact) mass is 305 g/mol. The molecule has 1 N–H and O–H groups in total. The molecule has 120 valence electrons. The van der Waals surface area contributed by atoms with Crippen molar-refractivity contribution in [2.75, 3.05) is 12.4 Å². The summed E-state index contributed by atoms with van der Waals surface area (Å²) in [7, 11) is 1.56. The fourth-order valence-electron chi connectivity index (χ4n) is 2.69. The topological polar surface area (TPSA) is 64.6 Å². The summed E-state index contributed by atoms with van der Waals surface area (Å²) in [6.45, 7) is 1.59. The van der Waals surface area contributed by atoms with Gasteiger partial charge in [0.05, 0.1) is 7.11 Å². The summed E-state index contributed by atoms with van der Waals surface area (Å²) in [4.78, 5) is 23.9. The lowest BCUT2D eigenvalue weighted by molar-refractivity contribution is -0.154. The lowest BCUT2D eigenvalue weighted by Gasteiger charge is -2.15. The van der Waals surface area contributed by atoms with Gasteiger partial charge >= 0.3 is 5.97 Å². The average Bonchev–Trinajstić information content (AvgIpc) is 3.00. The number of hydrogen-bond acceptors (Lipinski definition) is 4. The van der Waals surface area contributed by atoms with Crippen molar-refractivity contribution in [1.82, 2.24) is 0 Å². The molecule has 0 bridgehead atoms. The van der Waals surface area contributed by atoms with E-state index in [-0.39, 0.29) is 11.9 Å². The Morgan fingerprint density at radius 3 is 2.73 bits per heavy atom. The van der Waals surface area contributed by atoms with Gasteiger partial charge in [-0.15, -0.1) is 0 Å². The minimum absolute atomic E-state index is 0.291. The fraction of sp³-hybridized carbons (Fsp3) is 0.529.